The maximum absolute atomic E-state index is 13.8. The number of hydrogen-bond acceptors (Lipinski definition) is 7. The van der Waals surface area contributed by atoms with Crippen LogP contribution in [-0.2, 0) is 4.79 Å². The smallest absolute Gasteiger partial charge is 0.194 e. The van der Waals surface area contributed by atoms with Gasteiger partial charge >= 0.3 is 0 Å². The zero-order valence-electron chi connectivity index (χ0n) is 18.6. The molecule has 1 fully saturated rings. The van der Waals surface area contributed by atoms with Crippen LogP contribution < -0.4 is 15.8 Å². The molecule has 0 bridgehead atoms. The third-order valence-corrected chi connectivity index (χ3v) is 5.61. The Labute approximate surface area is 183 Å². The predicted molar refractivity (Wildman–Crippen MR) is 122 cm³/mol. The number of nitrogens with two attached hydrogens (primary N) is 1. The highest BCUT2D eigenvalue weighted by Crippen LogP contribution is 2.31. The average Bonchev–Trinajstić information content (AvgIpc) is 3.24. The number of nitrogens with one attached hydrogen (secondary N) is 1. The van der Waals surface area contributed by atoms with E-state index in [0.29, 0.717) is 35.0 Å². The van der Waals surface area contributed by atoms with E-state index in [1.165, 1.54) is 6.42 Å². The lowest BCUT2D eigenvalue weighted by Crippen LogP contribution is -2.28. The number of benzene rings is 1. The van der Waals surface area contributed by atoms with Crippen molar-refractivity contribution < 1.29 is 14.1 Å². The monoisotopic (exact) mass is 424 g/mol. The predicted octanol–water partition coefficient (Wildman–Crippen LogP) is 4.60. The normalized spacial score (nSPS) is 16.7. The molecule has 1 heterocycles. The Morgan fingerprint density at radius 1 is 1.35 bits per heavy atom. The number of ketones is 1. The van der Waals surface area contributed by atoms with E-state index in [4.69, 9.17) is 15.0 Å². The Hall–Kier alpha value is -3.09. The van der Waals surface area contributed by atoms with Crippen molar-refractivity contribution in [3.8, 4) is 5.75 Å². The number of methoxy groups -OCH3 is 1. The van der Waals surface area contributed by atoms with Crippen molar-refractivity contribution in [2.45, 2.75) is 52.0 Å². The second kappa shape index (κ2) is 10.8. The molecule has 1 aliphatic rings. The molecule has 7 heteroatoms. The average molecular weight is 425 g/mol. The number of aryl methyl sites for hydroxylation is 1. The van der Waals surface area contributed by atoms with Crippen molar-refractivity contribution in [1.82, 2.24) is 5.16 Å². The molecule has 166 valence electrons. The molecule has 0 radical (unpaired) electrons. The van der Waals surface area contributed by atoms with Crippen LogP contribution in [0.1, 0.15) is 56.5 Å². The lowest BCUT2D eigenvalue weighted by atomic mass is 9.84. The summed E-state index contributed by atoms with van der Waals surface area (Å²) >= 11 is 0. The van der Waals surface area contributed by atoms with E-state index >= 15 is 0 Å². The molecule has 1 atom stereocenters. The van der Waals surface area contributed by atoms with Crippen LogP contribution in [0.4, 0.5) is 5.69 Å². The summed E-state index contributed by atoms with van der Waals surface area (Å²) in [5.41, 5.74) is 8.89. The number of carbonyl (C=O) groups excluding carboxylic acids is 1. The number of carbonyl (C=O) groups is 1. The summed E-state index contributed by atoms with van der Waals surface area (Å²) < 4.78 is 10.6. The van der Waals surface area contributed by atoms with Gasteiger partial charge in [0.15, 0.2) is 5.78 Å². The Morgan fingerprint density at radius 2 is 2.13 bits per heavy atom. The fraction of sp³-hybridized carbons (Fsp3) is 0.458. The standard InChI is InChI=1S/C24H32N4O3/c1-4-26-15-20(22(25)17-9-6-5-7-10-17)24(29)23(21-13-16(2)31-28-21)27-18-11-8-12-19(14-18)30-3/h8,11-15,17,23,27H,4-7,9-10,25H2,1-3H3. The first-order chi connectivity index (χ1) is 15.0. The van der Waals surface area contributed by atoms with Gasteiger partial charge in [0.05, 0.1) is 12.7 Å². The number of Topliss-reactive ketones (excluding diaryl/α,β-unsaturated/α-hetero) is 1. The quantitative estimate of drug-likeness (QED) is 0.450. The van der Waals surface area contributed by atoms with Gasteiger partial charge in [0, 0.05) is 36.3 Å². The van der Waals surface area contributed by atoms with Gasteiger partial charge in [-0.3, -0.25) is 9.79 Å². The van der Waals surface area contributed by atoms with Gasteiger partial charge in [-0.1, -0.05) is 30.5 Å². The molecule has 3 N–H and O–H groups in total. The number of aliphatic imine (C=N–C) groups is 1. The minimum Gasteiger partial charge on any atom is -0.497 e. The summed E-state index contributed by atoms with van der Waals surface area (Å²) in [6.07, 6.45) is 7.10. The number of anilines is 1. The molecular weight excluding hydrogens is 392 g/mol. The first kappa shape index (κ1) is 22.6. The van der Waals surface area contributed by atoms with E-state index in [2.05, 4.69) is 15.5 Å². The van der Waals surface area contributed by atoms with Crippen LogP contribution in [0.2, 0.25) is 0 Å². The minimum atomic E-state index is -0.759. The summed E-state index contributed by atoms with van der Waals surface area (Å²) in [6, 6.07) is 8.43. The molecule has 0 aliphatic heterocycles. The van der Waals surface area contributed by atoms with Crippen molar-refractivity contribution >= 4 is 17.7 Å². The van der Waals surface area contributed by atoms with Gasteiger partial charge in [0.25, 0.3) is 0 Å². The molecule has 2 aromatic rings. The van der Waals surface area contributed by atoms with Crippen LogP contribution in [0.5, 0.6) is 5.75 Å². The number of aromatic nitrogens is 1. The second-order valence-corrected chi connectivity index (χ2v) is 7.87. The molecule has 1 saturated carbocycles. The highest BCUT2D eigenvalue weighted by atomic mass is 16.5. The van der Waals surface area contributed by atoms with Gasteiger partial charge in [-0.15, -0.1) is 0 Å². The van der Waals surface area contributed by atoms with E-state index in [1.54, 1.807) is 26.3 Å². The Kier molecular flexibility index (Phi) is 7.87. The molecular formula is C24H32N4O3. The number of hydrogen-bond donors (Lipinski definition) is 2. The maximum Gasteiger partial charge on any atom is 0.194 e. The van der Waals surface area contributed by atoms with E-state index in [-0.39, 0.29) is 11.7 Å². The third kappa shape index (κ3) is 5.75. The Balaban J connectivity index is 2.00. The summed E-state index contributed by atoms with van der Waals surface area (Å²) in [6.45, 7) is 4.31. The molecule has 0 saturated heterocycles. The Bertz CT molecular complexity index is 942. The van der Waals surface area contributed by atoms with Crippen LogP contribution in [0.3, 0.4) is 0 Å². The minimum absolute atomic E-state index is 0.170. The topological polar surface area (TPSA) is 103 Å². The number of allylic oxidation sites excluding steroid dienone is 1. The Morgan fingerprint density at radius 3 is 2.77 bits per heavy atom. The first-order valence-corrected chi connectivity index (χ1v) is 10.9. The molecule has 0 amide bonds. The highest BCUT2D eigenvalue weighted by Gasteiger charge is 2.30. The number of rotatable bonds is 9. The van der Waals surface area contributed by atoms with Crippen LogP contribution >= 0.6 is 0 Å². The summed E-state index contributed by atoms with van der Waals surface area (Å²) in [5.74, 6) is 1.36. The van der Waals surface area contributed by atoms with Gasteiger partial charge < -0.3 is 20.3 Å². The molecule has 1 aliphatic carbocycles. The lowest BCUT2D eigenvalue weighted by molar-refractivity contribution is -0.116. The fourth-order valence-corrected chi connectivity index (χ4v) is 3.93. The van der Waals surface area contributed by atoms with Gasteiger partial charge in [-0.2, -0.15) is 0 Å². The zero-order chi connectivity index (χ0) is 22.2. The number of nitrogens with zero attached hydrogens (tertiary/aromatic N) is 2. The third-order valence-electron chi connectivity index (χ3n) is 5.61. The molecule has 7 nitrogen and oxygen atoms in total. The van der Waals surface area contributed by atoms with E-state index in [9.17, 15) is 4.79 Å². The molecule has 31 heavy (non-hydrogen) atoms. The van der Waals surface area contributed by atoms with Crippen molar-refractivity contribution in [2.75, 3.05) is 19.0 Å². The van der Waals surface area contributed by atoms with Crippen molar-refractivity contribution in [3.63, 3.8) is 0 Å². The lowest BCUT2D eigenvalue weighted by Gasteiger charge is -2.25. The van der Waals surface area contributed by atoms with Gasteiger partial charge in [0.2, 0.25) is 0 Å². The molecule has 3 rings (SSSR count). The van der Waals surface area contributed by atoms with Crippen molar-refractivity contribution in [3.05, 3.63) is 53.1 Å². The second-order valence-electron chi connectivity index (χ2n) is 7.87. The highest BCUT2D eigenvalue weighted by molar-refractivity contribution is 6.17. The van der Waals surface area contributed by atoms with Gasteiger partial charge in [-0.25, -0.2) is 0 Å². The fourth-order valence-electron chi connectivity index (χ4n) is 3.93. The van der Waals surface area contributed by atoms with Crippen molar-refractivity contribution in [2.24, 2.45) is 16.6 Å². The molecule has 1 unspecified atom stereocenters. The van der Waals surface area contributed by atoms with E-state index < -0.39 is 6.04 Å². The van der Waals surface area contributed by atoms with E-state index in [1.807, 2.05) is 31.2 Å². The first-order valence-electron chi connectivity index (χ1n) is 10.9. The maximum atomic E-state index is 13.8. The van der Waals surface area contributed by atoms with E-state index in [0.717, 1.165) is 31.4 Å². The van der Waals surface area contributed by atoms with Crippen LogP contribution in [-0.4, -0.2) is 30.8 Å². The van der Waals surface area contributed by atoms with Gasteiger partial charge in [0.1, 0.15) is 23.2 Å². The van der Waals surface area contributed by atoms with Crippen LogP contribution in [0.15, 0.2) is 51.1 Å². The zero-order valence-corrected chi connectivity index (χ0v) is 18.6. The molecule has 1 aromatic heterocycles. The van der Waals surface area contributed by atoms with Crippen LogP contribution in [0.25, 0.3) is 0 Å². The summed E-state index contributed by atoms with van der Waals surface area (Å²) in [5, 5.41) is 7.41. The largest absolute Gasteiger partial charge is 0.497 e. The summed E-state index contributed by atoms with van der Waals surface area (Å²) in [7, 11) is 1.61. The molecule has 1 aromatic carbocycles. The van der Waals surface area contributed by atoms with Gasteiger partial charge in [-0.05, 0) is 44.7 Å². The summed E-state index contributed by atoms with van der Waals surface area (Å²) in [4.78, 5) is 18.1. The van der Waals surface area contributed by atoms with Crippen LogP contribution in [0, 0.1) is 12.8 Å². The SMILES string of the molecule is CCN=CC(C(=O)C(Nc1cccc(OC)c1)c1cc(C)on1)=C(N)C1CCCCC1. The number of ether oxygens (including phenoxy) is 1. The molecule has 0 spiro atoms. The van der Waals surface area contributed by atoms with Crippen molar-refractivity contribution in [1.29, 1.82) is 0 Å².